The fourth-order valence-electron chi connectivity index (χ4n) is 1.75. The maximum Gasteiger partial charge on any atom is 0.321 e. The van der Waals surface area contributed by atoms with E-state index in [0.29, 0.717) is 5.75 Å². The van der Waals surface area contributed by atoms with Gasteiger partial charge in [-0.1, -0.05) is 17.7 Å². The van der Waals surface area contributed by atoms with Crippen molar-refractivity contribution in [2.75, 3.05) is 11.1 Å². The van der Waals surface area contributed by atoms with Crippen molar-refractivity contribution in [3.63, 3.8) is 0 Å². The minimum absolute atomic E-state index is 0.109. The number of aryl methyl sites for hydroxylation is 1. The molecule has 0 aliphatic heterocycles. The van der Waals surface area contributed by atoms with E-state index in [9.17, 15) is 9.59 Å². The predicted octanol–water partition coefficient (Wildman–Crippen LogP) is 3.65. The molecule has 0 aromatic heterocycles. The number of carbonyl (C=O) groups is 2. The molecular formula is C17H17NO3S. The summed E-state index contributed by atoms with van der Waals surface area (Å²) in [6, 6.07) is 14.7. The summed E-state index contributed by atoms with van der Waals surface area (Å²) in [6.07, 6.45) is 0. The van der Waals surface area contributed by atoms with Crippen LogP contribution in [0.5, 0.6) is 5.75 Å². The van der Waals surface area contributed by atoms with Gasteiger partial charge in [0.1, 0.15) is 5.75 Å². The molecule has 0 unspecified atom stereocenters. The quantitative estimate of drug-likeness (QED) is 0.520. The fourth-order valence-corrected chi connectivity index (χ4v) is 2.42. The Hall–Kier alpha value is -2.27. The molecule has 2 rings (SSSR count). The summed E-state index contributed by atoms with van der Waals surface area (Å²) in [7, 11) is 0. The number of esters is 1. The van der Waals surface area contributed by atoms with Crippen molar-refractivity contribution in [3.05, 3.63) is 54.1 Å². The number of nitrogens with one attached hydrogen (secondary N) is 1. The van der Waals surface area contributed by atoms with Gasteiger partial charge in [0, 0.05) is 17.5 Å². The Morgan fingerprint density at radius 3 is 2.27 bits per heavy atom. The van der Waals surface area contributed by atoms with Crippen molar-refractivity contribution in [3.8, 4) is 5.75 Å². The number of rotatable bonds is 5. The first kappa shape index (κ1) is 16.1. The Morgan fingerprint density at radius 1 is 1.05 bits per heavy atom. The van der Waals surface area contributed by atoms with Gasteiger partial charge >= 0.3 is 5.97 Å². The van der Waals surface area contributed by atoms with Crippen molar-refractivity contribution < 1.29 is 14.3 Å². The van der Waals surface area contributed by atoms with Gasteiger partial charge in [-0.3, -0.25) is 9.59 Å². The predicted molar refractivity (Wildman–Crippen MR) is 88.3 cm³/mol. The minimum atomic E-state index is -0.292. The molecule has 0 spiro atoms. The maximum absolute atomic E-state index is 11.8. The first-order valence-electron chi connectivity index (χ1n) is 6.81. The average molecular weight is 315 g/mol. The molecule has 0 heterocycles. The van der Waals surface area contributed by atoms with Gasteiger partial charge in [-0.25, -0.2) is 0 Å². The molecule has 0 saturated heterocycles. The van der Waals surface area contributed by atoms with Crippen LogP contribution in [0.15, 0.2) is 53.4 Å². The van der Waals surface area contributed by atoms with Crippen LogP contribution in [0.1, 0.15) is 12.5 Å². The van der Waals surface area contributed by atoms with Gasteiger partial charge in [0.25, 0.3) is 0 Å². The first-order valence-corrected chi connectivity index (χ1v) is 7.79. The second-order valence-electron chi connectivity index (χ2n) is 4.78. The largest absolute Gasteiger partial charge is 0.426 e. The molecule has 0 aliphatic carbocycles. The first-order chi connectivity index (χ1) is 10.5. The highest BCUT2D eigenvalue weighted by molar-refractivity contribution is 8.00. The van der Waals surface area contributed by atoms with Crippen LogP contribution in [-0.4, -0.2) is 17.6 Å². The highest BCUT2D eigenvalue weighted by Crippen LogP contribution is 2.21. The number of amides is 1. The summed E-state index contributed by atoms with van der Waals surface area (Å²) in [5.74, 6) is 0.381. The maximum atomic E-state index is 11.8. The highest BCUT2D eigenvalue weighted by Gasteiger charge is 2.06. The van der Waals surface area contributed by atoms with E-state index >= 15 is 0 Å². The van der Waals surface area contributed by atoms with Crippen molar-refractivity contribution in [1.82, 2.24) is 0 Å². The SMILES string of the molecule is CC(=O)Nc1ccc(SCC(=O)Oc2ccc(C)cc2)cc1. The van der Waals surface area contributed by atoms with E-state index in [2.05, 4.69) is 5.32 Å². The van der Waals surface area contributed by atoms with E-state index < -0.39 is 0 Å². The summed E-state index contributed by atoms with van der Waals surface area (Å²) in [5, 5.41) is 2.69. The summed E-state index contributed by atoms with van der Waals surface area (Å²) >= 11 is 1.39. The molecule has 0 fully saturated rings. The lowest BCUT2D eigenvalue weighted by Gasteiger charge is -2.06. The molecular weight excluding hydrogens is 298 g/mol. The Balaban J connectivity index is 1.83. The zero-order chi connectivity index (χ0) is 15.9. The normalized spacial score (nSPS) is 10.1. The molecule has 0 aliphatic rings. The smallest absolute Gasteiger partial charge is 0.321 e. The van der Waals surface area contributed by atoms with E-state index in [1.54, 1.807) is 24.3 Å². The number of carbonyl (C=O) groups excluding carboxylic acids is 2. The Kier molecular flexibility index (Phi) is 5.61. The molecule has 2 aromatic rings. The lowest BCUT2D eigenvalue weighted by atomic mass is 10.2. The van der Waals surface area contributed by atoms with Crippen LogP contribution in [0.3, 0.4) is 0 Å². The molecule has 0 saturated carbocycles. The monoisotopic (exact) mass is 315 g/mol. The van der Waals surface area contributed by atoms with E-state index in [-0.39, 0.29) is 17.6 Å². The summed E-state index contributed by atoms with van der Waals surface area (Å²) < 4.78 is 5.25. The summed E-state index contributed by atoms with van der Waals surface area (Å²) in [5.41, 5.74) is 1.85. The average Bonchev–Trinajstić information content (AvgIpc) is 2.48. The second kappa shape index (κ2) is 7.66. The standard InChI is InChI=1S/C17H17NO3S/c1-12-3-7-15(8-4-12)21-17(20)11-22-16-9-5-14(6-10-16)18-13(2)19/h3-10H,11H2,1-2H3,(H,18,19). The van der Waals surface area contributed by atoms with Crippen LogP contribution in [-0.2, 0) is 9.59 Å². The fraction of sp³-hybridized carbons (Fsp3) is 0.176. The Bertz CT molecular complexity index is 651. The van der Waals surface area contributed by atoms with Crippen molar-refractivity contribution >= 4 is 29.3 Å². The second-order valence-corrected chi connectivity index (χ2v) is 5.83. The van der Waals surface area contributed by atoms with Gasteiger partial charge in [0.15, 0.2) is 0 Å². The van der Waals surface area contributed by atoms with Gasteiger partial charge in [-0.05, 0) is 43.3 Å². The van der Waals surface area contributed by atoms with Gasteiger partial charge in [0.2, 0.25) is 5.91 Å². The van der Waals surface area contributed by atoms with Gasteiger partial charge in [-0.2, -0.15) is 0 Å². The summed E-state index contributed by atoms with van der Waals surface area (Å²) in [6.45, 7) is 3.44. The molecule has 22 heavy (non-hydrogen) atoms. The number of hydrogen-bond donors (Lipinski definition) is 1. The van der Waals surface area contributed by atoms with Crippen LogP contribution < -0.4 is 10.1 Å². The molecule has 0 bridgehead atoms. The molecule has 0 radical (unpaired) electrons. The Labute approximate surface area is 133 Å². The molecule has 5 heteroatoms. The van der Waals surface area contributed by atoms with E-state index in [0.717, 1.165) is 16.1 Å². The van der Waals surface area contributed by atoms with E-state index in [4.69, 9.17) is 4.74 Å². The third-order valence-electron chi connectivity index (χ3n) is 2.78. The number of hydrogen-bond acceptors (Lipinski definition) is 4. The van der Waals surface area contributed by atoms with Crippen LogP contribution in [0.2, 0.25) is 0 Å². The van der Waals surface area contributed by atoms with Crippen LogP contribution >= 0.6 is 11.8 Å². The molecule has 1 amide bonds. The molecule has 1 N–H and O–H groups in total. The minimum Gasteiger partial charge on any atom is -0.426 e. The zero-order valence-corrected chi connectivity index (χ0v) is 13.3. The molecule has 2 aromatic carbocycles. The van der Waals surface area contributed by atoms with E-state index in [1.165, 1.54) is 18.7 Å². The molecule has 0 atom stereocenters. The van der Waals surface area contributed by atoms with Gasteiger partial charge in [0.05, 0.1) is 5.75 Å². The molecule has 4 nitrogen and oxygen atoms in total. The third kappa shape index (κ3) is 5.26. The van der Waals surface area contributed by atoms with Gasteiger partial charge in [-0.15, -0.1) is 11.8 Å². The topological polar surface area (TPSA) is 55.4 Å². The third-order valence-corrected chi connectivity index (χ3v) is 3.77. The number of anilines is 1. The highest BCUT2D eigenvalue weighted by atomic mass is 32.2. The van der Waals surface area contributed by atoms with Crippen molar-refractivity contribution in [1.29, 1.82) is 0 Å². The van der Waals surface area contributed by atoms with Gasteiger partial charge < -0.3 is 10.1 Å². The number of ether oxygens (including phenoxy) is 1. The molecule has 114 valence electrons. The summed E-state index contributed by atoms with van der Waals surface area (Å²) in [4.78, 5) is 23.7. The van der Waals surface area contributed by atoms with Crippen molar-refractivity contribution in [2.24, 2.45) is 0 Å². The van der Waals surface area contributed by atoms with Crippen LogP contribution in [0.25, 0.3) is 0 Å². The Morgan fingerprint density at radius 2 is 1.68 bits per heavy atom. The lowest BCUT2D eigenvalue weighted by molar-refractivity contribution is -0.131. The van der Waals surface area contributed by atoms with Crippen LogP contribution in [0.4, 0.5) is 5.69 Å². The lowest BCUT2D eigenvalue weighted by Crippen LogP contribution is -2.10. The zero-order valence-electron chi connectivity index (χ0n) is 12.5. The van der Waals surface area contributed by atoms with Crippen LogP contribution in [0, 0.1) is 6.92 Å². The number of benzene rings is 2. The van der Waals surface area contributed by atoms with Crippen molar-refractivity contribution in [2.45, 2.75) is 18.7 Å². The van der Waals surface area contributed by atoms with E-state index in [1.807, 2.05) is 31.2 Å². The number of thioether (sulfide) groups is 1.